The van der Waals surface area contributed by atoms with Gasteiger partial charge in [0.25, 0.3) is 0 Å². The first-order valence-corrected chi connectivity index (χ1v) is 22.6. The van der Waals surface area contributed by atoms with E-state index in [1.54, 1.807) is 0 Å². The highest BCUT2D eigenvalue weighted by Gasteiger charge is 2.34. The largest absolute Gasteiger partial charge is 0.305 e. The molecule has 310 valence electrons. The summed E-state index contributed by atoms with van der Waals surface area (Å²) in [5.74, 6) is 2.69. The molecule has 0 heterocycles. The maximum absolute atomic E-state index is 4.12. The summed E-state index contributed by atoms with van der Waals surface area (Å²) in [5, 5.41) is 8.25. The van der Waals surface area contributed by atoms with Crippen LogP contribution in [-0.4, -0.2) is 11.1 Å². The van der Waals surface area contributed by atoms with Crippen LogP contribution in [0.5, 0.6) is 0 Å². The maximum Gasteiger partial charge on any atom is 0.0393 e. The quantitative estimate of drug-likeness (QED) is 0.0823. The van der Waals surface area contributed by atoms with Crippen molar-refractivity contribution in [3.05, 3.63) is 179 Å². The second kappa shape index (κ2) is 21.3. The standard InChI is InChI=1S/C56H76N2/c1-11-41(3)36-49(39-51(43-26-17-13-18-27-43)53(57-55(5,6)7)45-30-21-15-22-31-45)47-34-25-35-48(38-47)50(37-42(4)12-2)40-52(44-28-19-14-20-29-44)54(58-56(8,9)10)46-32-23-16-24-33-46/h13-35,38,41-42,49-54,57-58H,11-12,36-37,39-40H2,1-10H3. The van der Waals surface area contributed by atoms with Crippen LogP contribution < -0.4 is 10.6 Å². The minimum atomic E-state index is -0.0440. The van der Waals surface area contributed by atoms with Crippen LogP contribution in [0.1, 0.15) is 177 Å². The molecule has 8 atom stereocenters. The van der Waals surface area contributed by atoms with Gasteiger partial charge in [-0.15, -0.1) is 0 Å². The molecular weight excluding hydrogens is 701 g/mol. The zero-order valence-electron chi connectivity index (χ0n) is 37.7. The summed E-state index contributed by atoms with van der Waals surface area (Å²) in [4.78, 5) is 0. The van der Waals surface area contributed by atoms with Crippen molar-refractivity contribution in [1.82, 2.24) is 10.6 Å². The molecule has 58 heavy (non-hydrogen) atoms. The van der Waals surface area contributed by atoms with Gasteiger partial charge in [0.05, 0.1) is 0 Å². The number of hydrogen-bond donors (Lipinski definition) is 2. The maximum atomic E-state index is 4.12. The number of benzene rings is 5. The molecule has 0 aliphatic rings. The van der Waals surface area contributed by atoms with Gasteiger partial charge in [-0.1, -0.05) is 186 Å². The number of nitrogens with one attached hydrogen (secondary N) is 2. The molecule has 0 fully saturated rings. The van der Waals surface area contributed by atoms with Crippen molar-refractivity contribution < 1.29 is 0 Å². The summed E-state index contributed by atoms with van der Waals surface area (Å²) in [6.07, 6.45) is 6.88. The fourth-order valence-electron chi connectivity index (χ4n) is 9.14. The lowest BCUT2D eigenvalue weighted by Gasteiger charge is -2.38. The van der Waals surface area contributed by atoms with Gasteiger partial charge < -0.3 is 10.6 Å². The number of hydrogen-bond acceptors (Lipinski definition) is 2. The Kier molecular flexibility index (Phi) is 16.6. The molecule has 5 aromatic rings. The van der Waals surface area contributed by atoms with Gasteiger partial charge in [0.2, 0.25) is 0 Å². The topological polar surface area (TPSA) is 24.1 Å². The van der Waals surface area contributed by atoms with E-state index in [9.17, 15) is 0 Å². The van der Waals surface area contributed by atoms with Crippen molar-refractivity contribution in [3.8, 4) is 0 Å². The first kappa shape index (κ1) is 45.1. The average Bonchev–Trinajstić information content (AvgIpc) is 3.22. The third-order valence-electron chi connectivity index (χ3n) is 12.5. The van der Waals surface area contributed by atoms with Crippen LogP contribution in [0.15, 0.2) is 146 Å². The summed E-state index contributed by atoms with van der Waals surface area (Å²) in [5.41, 5.74) is 8.46. The van der Waals surface area contributed by atoms with Crippen LogP contribution >= 0.6 is 0 Å². The Morgan fingerprint density at radius 1 is 0.379 bits per heavy atom. The molecule has 2 nitrogen and oxygen atoms in total. The van der Waals surface area contributed by atoms with Gasteiger partial charge in [-0.25, -0.2) is 0 Å². The lowest BCUT2D eigenvalue weighted by atomic mass is 9.73. The Hall–Kier alpha value is -3.98. The number of rotatable bonds is 20. The van der Waals surface area contributed by atoms with E-state index in [1.165, 1.54) is 59.1 Å². The van der Waals surface area contributed by atoms with E-state index in [2.05, 4.69) is 225 Å². The third-order valence-corrected chi connectivity index (χ3v) is 12.5. The molecule has 2 heteroatoms. The monoisotopic (exact) mass is 777 g/mol. The molecule has 0 amide bonds. The molecule has 0 radical (unpaired) electrons. The van der Waals surface area contributed by atoms with Crippen molar-refractivity contribution in [2.24, 2.45) is 11.8 Å². The SMILES string of the molecule is CCC(C)CC(CC(c1ccccc1)C(NC(C)(C)C)c1ccccc1)c1cccc(C(CC(C)CC)CC(c2ccccc2)C(NC(C)(C)C)c2ccccc2)c1. The summed E-state index contributed by atoms with van der Waals surface area (Å²) in [6.45, 7) is 23.5. The Labute approximate surface area is 354 Å². The second-order valence-corrected chi connectivity index (χ2v) is 19.6. The molecule has 0 aromatic heterocycles. The lowest BCUT2D eigenvalue weighted by molar-refractivity contribution is 0.298. The summed E-state index contributed by atoms with van der Waals surface area (Å²) in [7, 11) is 0. The van der Waals surface area contributed by atoms with Gasteiger partial charge in [-0.05, 0) is 124 Å². The predicted octanol–water partition coefficient (Wildman–Crippen LogP) is 15.3. The van der Waals surface area contributed by atoms with Gasteiger partial charge in [-0.2, -0.15) is 0 Å². The molecule has 0 saturated heterocycles. The predicted molar refractivity (Wildman–Crippen MR) is 252 cm³/mol. The van der Waals surface area contributed by atoms with E-state index < -0.39 is 0 Å². The van der Waals surface area contributed by atoms with Crippen LogP contribution in [0.25, 0.3) is 0 Å². The zero-order valence-corrected chi connectivity index (χ0v) is 37.7. The Bertz CT molecular complexity index is 1740. The molecule has 5 rings (SSSR count). The van der Waals surface area contributed by atoms with Gasteiger partial charge in [0.15, 0.2) is 0 Å². The highest BCUT2D eigenvalue weighted by molar-refractivity contribution is 5.35. The van der Waals surface area contributed by atoms with E-state index in [4.69, 9.17) is 0 Å². The summed E-state index contributed by atoms with van der Waals surface area (Å²) in [6, 6.07) is 55.4. The molecule has 0 aliphatic heterocycles. The van der Waals surface area contributed by atoms with Crippen LogP contribution in [0.3, 0.4) is 0 Å². The zero-order chi connectivity index (χ0) is 41.7. The Morgan fingerprint density at radius 3 is 0.966 bits per heavy atom. The molecule has 5 aromatic carbocycles. The molecule has 0 spiro atoms. The fourth-order valence-corrected chi connectivity index (χ4v) is 9.14. The van der Waals surface area contributed by atoms with Crippen LogP contribution in [0.2, 0.25) is 0 Å². The highest BCUT2D eigenvalue weighted by Crippen LogP contribution is 2.45. The minimum Gasteiger partial charge on any atom is -0.305 e. The molecular formula is C56H76N2. The van der Waals surface area contributed by atoms with Crippen molar-refractivity contribution in [1.29, 1.82) is 0 Å². The molecule has 0 saturated carbocycles. The normalized spacial score (nSPS) is 16.4. The van der Waals surface area contributed by atoms with Crippen LogP contribution in [0.4, 0.5) is 0 Å². The third kappa shape index (κ3) is 13.5. The molecule has 8 unspecified atom stereocenters. The fraction of sp³-hybridized carbons (Fsp3) is 0.464. The van der Waals surface area contributed by atoms with E-state index in [1.807, 2.05) is 0 Å². The van der Waals surface area contributed by atoms with Crippen molar-refractivity contribution in [2.45, 2.75) is 155 Å². The van der Waals surface area contributed by atoms with Crippen LogP contribution in [-0.2, 0) is 0 Å². The van der Waals surface area contributed by atoms with Gasteiger partial charge in [0, 0.05) is 35.0 Å². The van der Waals surface area contributed by atoms with Gasteiger partial charge >= 0.3 is 0 Å². The smallest absolute Gasteiger partial charge is 0.0393 e. The Morgan fingerprint density at radius 2 is 0.672 bits per heavy atom. The minimum absolute atomic E-state index is 0.0440. The van der Waals surface area contributed by atoms with E-state index >= 15 is 0 Å². The van der Waals surface area contributed by atoms with Gasteiger partial charge in [-0.3, -0.25) is 0 Å². The molecule has 0 aliphatic carbocycles. The van der Waals surface area contributed by atoms with Crippen molar-refractivity contribution >= 4 is 0 Å². The van der Waals surface area contributed by atoms with E-state index in [-0.39, 0.29) is 23.2 Å². The molecule has 0 bridgehead atoms. The van der Waals surface area contributed by atoms with Crippen molar-refractivity contribution in [3.63, 3.8) is 0 Å². The average molecular weight is 777 g/mol. The van der Waals surface area contributed by atoms with E-state index in [0.29, 0.717) is 35.5 Å². The lowest BCUT2D eigenvalue weighted by Crippen LogP contribution is -2.41. The first-order valence-electron chi connectivity index (χ1n) is 22.6. The van der Waals surface area contributed by atoms with Gasteiger partial charge in [0.1, 0.15) is 0 Å². The van der Waals surface area contributed by atoms with Crippen molar-refractivity contribution in [2.75, 3.05) is 0 Å². The van der Waals surface area contributed by atoms with E-state index in [0.717, 1.165) is 12.8 Å². The second-order valence-electron chi connectivity index (χ2n) is 19.6. The highest BCUT2D eigenvalue weighted by atomic mass is 15.0. The summed E-state index contributed by atoms with van der Waals surface area (Å²) < 4.78 is 0. The first-order chi connectivity index (χ1) is 27.7. The summed E-state index contributed by atoms with van der Waals surface area (Å²) >= 11 is 0. The molecule has 2 N–H and O–H groups in total. The van der Waals surface area contributed by atoms with Crippen LogP contribution in [0, 0.1) is 11.8 Å². The Balaban J connectivity index is 1.61.